The van der Waals surface area contributed by atoms with Gasteiger partial charge in [0.25, 0.3) is 0 Å². The minimum Gasteiger partial charge on any atom is -0.384 e. The van der Waals surface area contributed by atoms with Crippen LogP contribution in [0.4, 0.5) is 0 Å². The summed E-state index contributed by atoms with van der Waals surface area (Å²) in [5.74, 6) is -0.620. The molecule has 9 nitrogen and oxygen atoms in total. The summed E-state index contributed by atoms with van der Waals surface area (Å²) in [4.78, 5) is 4.49. The number of hydrogen-bond acceptors (Lipinski definition) is 7. The number of rotatable bonds is 7. The van der Waals surface area contributed by atoms with Gasteiger partial charge in [-0.2, -0.15) is 4.31 Å². The van der Waals surface area contributed by atoms with Gasteiger partial charge in [-0.1, -0.05) is 12.1 Å². The van der Waals surface area contributed by atoms with E-state index in [-0.39, 0.29) is 10.8 Å². The zero-order valence-corrected chi connectivity index (χ0v) is 19.1. The van der Waals surface area contributed by atoms with Crippen molar-refractivity contribution in [3.63, 3.8) is 0 Å². The van der Waals surface area contributed by atoms with E-state index in [9.17, 15) is 8.42 Å². The second-order valence-corrected chi connectivity index (χ2v) is 10.4. The van der Waals surface area contributed by atoms with Crippen molar-refractivity contribution in [3.8, 4) is 0 Å². The first-order valence-corrected chi connectivity index (χ1v) is 12.2. The predicted octanol–water partition coefficient (Wildman–Crippen LogP) is 0.759. The SMILES string of the molecule is Cn1cccc1CNCC1CCCN(S(=O)(=O)c2ccc(C3(N)N=C(N)C=CN3)cc2)C1. The van der Waals surface area contributed by atoms with Gasteiger partial charge < -0.3 is 20.9 Å². The van der Waals surface area contributed by atoms with Crippen molar-refractivity contribution in [1.29, 1.82) is 0 Å². The molecule has 32 heavy (non-hydrogen) atoms. The number of aromatic nitrogens is 1. The van der Waals surface area contributed by atoms with Crippen LogP contribution in [-0.2, 0) is 29.4 Å². The Balaban J connectivity index is 1.40. The molecule has 0 amide bonds. The fourth-order valence-corrected chi connectivity index (χ4v) is 5.76. The molecule has 4 rings (SSSR count). The number of benzene rings is 1. The zero-order valence-electron chi connectivity index (χ0n) is 18.2. The summed E-state index contributed by atoms with van der Waals surface area (Å²) in [5.41, 5.74) is 13.9. The molecule has 1 saturated heterocycles. The molecule has 0 aliphatic carbocycles. The van der Waals surface area contributed by atoms with Gasteiger partial charge in [-0.25, -0.2) is 13.4 Å². The summed E-state index contributed by atoms with van der Waals surface area (Å²) in [6, 6.07) is 10.6. The van der Waals surface area contributed by atoms with Crippen LogP contribution in [0.1, 0.15) is 24.1 Å². The average molecular weight is 458 g/mol. The third kappa shape index (κ3) is 4.73. The summed E-state index contributed by atoms with van der Waals surface area (Å²) in [5, 5.41) is 6.43. The van der Waals surface area contributed by atoms with Crippen LogP contribution in [0.2, 0.25) is 0 Å². The Hall–Kier alpha value is -2.66. The summed E-state index contributed by atoms with van der Waals surface area (Å²) < 4.78 is 30.2. The maximum atomic E-state index is 13.3. The van der Waals surface area contributed by atoms with Gasteiger partial charge in [-0.3, -0.25) is 5.73 Å². The van der Waals surface area contributed by atoms with E-state index in [2.05, 4.69) is 26.3 Å². The highest BCUT2D eigenvalue weighted by Gasteiger charge is 2.32. The van der Waals surface area contributed by atoms with Crippen molar-refractivity contribution in [2.75, 3.05) is 19.6 Å². The van der Waals surface area contributed by atoms with Crippen LogP contribution in [0, 0.1) is 5.92 Å². The number of amidine groups is 1. The normalized spacial score (nSPS) is 24.2. The van der Waals surface area contributed by atoms with Gasteiger partial charge in [-0.15, -0.1) is 0 Å². The Kier molecular flexibility index (Phi) is 6.38. The minimum absolute atomic E-state index is 0.255. The van der Waals surface area contributed by atoms with Crippen LogP contribution in [0.15, 0.2) is 64.8 Å². The van der Waals surface area contributed by atoms with Crippen molar-refractivity contribution in [2.24, 2.45) is 29.4 Å². The van der Waals surface area contributed by atoms with Crippen molar-refractivity contribution in [2.45, 2.75) is 30.1 Å². The third-order valence-electron chi connectivity index (χ3n) is 6.07. The summed E-state index contributed by atoms with van der Waals surface area (Å²) in [6.45, 7) is 2.60. The molecular weight excluding hydrogens is 426 g/mol. The number of nitrogens with zero attached hydrogens (tertiary/aromatic N) is 3. The van der Waals surface area contributed by atoms with Crippen LogP contribution >= 0.6 is 0 Å². The standard InChI is InChI=1S/C22H31N7O2S/c1-28-12-3-5-19(28)15-25-14-17-4-2-13-29(16-17)32(30,31)20-8-6-18(7-9-20)22(24)26-11-10-21(23)27-22/h3,5-12,17,25-26H,2,4,13-16,24H2,1H3,(H2,23,27). The molecule has 0 radical (unpaired) electrons. The van der Waals surface area contributed by atoms with E-state index < -0.39 is 15.8 Å². The molecule has 1 aromatic heterocycles. The molecule has 2 aliphatic rings. The quantitative estimate of drug-likeness (QED) is 0.486. The summed E-state index contributed by atoms with van der Waals surface area (Å²) >= 11 is 0. The lowest BCUT2D eigenvalue weighted by atomic mass is 10.00. The van der Waals surface area contributed by atoms with Gasteiger partial charge in [0.15, 0.2) is 0 Å². The Morgan fingerprint density at radius 3 is 2.75 bits per heavy atom. The van der Waals surface area contributed by atoms with Gasteiger partial charge in [0.2, 0.25) is 15.8 Å². The van der Waals surface area contributed by atoms with Crippen LogP contribution < -0.4 is 22.1 Å². The molecule has 0 bridgehead atoms. The molecule has 1 aromatic carbocycles. The van der Waals surface area contributed by atoms with Gasteiger partial charge in [0.05, 0.1) is 4.90 Å². The molecule has 2 atom stereocenters. The number of hydrogen-bond donors (Lipinski definition) is 4. The number of aliphatic imine (C=N–C) groups is 1. The smallest absolute Gasteiger partial charge is 0.243 e. The second kappa shape index (κ2) is 9.07. The topological polar surface area (TPSA) is 131 Å². The van der Waals surface area contributed by atoms with Gasteiger partial charge in [0, 0.05) is 50.3 Å². The van der Waals surface area contributed by atoms with Crippen molar-refractivity contribution >= 4 is 15.9 Å². The van der Waals surface area contributed by atoms with E-state index in [1.807, 2.05) is 19.3 Å². The van der Waals surface area contributed by atoms with Crippen molar-refractivity contribution in [1.82, 2.24) is 19.5 Å². The monoisotopic (exact) mass is 457 g/mol. The largest absolute Gasteiger partial charge is 0.384 e. The van der Waals surface area contributed by atoms with Gasteiger partial charge in [-0.05, 0) is 55.6 Å². The third-order valence-corrected chi connectivity index (χ3v) is 7.95. The average Bonchev–Trinajstić information content (AvgIpc) is 3.18. The molecule has 3 heterocycles. The van der Waals surface area contributed by atoms with Crippen molar-refractivity contribution in [3.05, 3.63) is 66.1 Å². The van der Waals surface area contributed by atoms with Crippen LogP contribution in [0.3, 0.4) is 0 Å². The molecule has 6 N–H and O–H groups in total. The second-order valence-electron chi connectivity index (χ2n) is 8.42. The molecule has 1 fully saturated rings. The Bertz CT molecular complexity index is 1110. The first-order chi connectivity index (χ1) is 15.3. The highest BCUT2D eigenvalue weighted by molar-refractivity contribution is 7.89. The maximum Gasteiger partial charge on any atom is 0.243 e. The van der Waals surface area contributed by atoms with E-state index in [0.717, 1.165) is 25.9 Å². The Labute approximate surface area is 189 Å². The fourth-order valence-electron chi connectivity index (χ4n) is 4.20. The minimum atomic E-state index is -3.58. The molecular formula is C22H31N7O2S. The number of nitrogens with one attached hydrogen (secondary N) is 2. The molecule has 2 aromatic rings. The van der Waals surface area contributed by atoms with E-state index in [0.29, 0.717) is 24.5 Å². The predicted molar refractivity (Wildman–Crippen MR) is 125 cm³/mol. The fraction of sp³-hybridized carbons (Fsp3) is 0.409. The molecule has 0 saturated carbocycles. The lowest BCUT2D eigenvalue weighted by Crippen LogP contribution is -2.49. The molecule has 0 spiro atoms. The zero-order chi connectivity index (χ0) is 22.8. The van der Waals surface area contributed by atoms with Crippen molar-refractivity contribution < 1.29 is 8.42 Å². The lowest BCUT2D eigenvalue weighted by molar-refractivity contribution is 0.259. The van der Waals surface area contributed by atoms with Crippen LogP contribution in [-0.4, -0.2) is 42.8 Å². The first-order valence-electron chi connectivity index (χ1n) is 10.8. The number of piperidine rings is 1. The number of sulfonamides is 1. The molecule has 2 aliphatic heterocycles. The highest BCUT2D eigenvalue weighted by atomic mass is 32.2. The highest BCUT2D eigenvalue weighted by Crippen LogP contribution is 2.26. The number of nitrogens with two attached hydrogens (primary N) is 2. The maximum absolute atomic E-state index is 13.3. The van der Waals surface area contributed by atoms with Crippen LogP contribution in [0.5, 0.6) is 0 Å². The van der Waals surface area contributed by atoms with Crippen LogP contribution in [0.25, 0.3) is 0 Å². The first kappa shape index (κ1) is 22.5. The summed E-state index contributed by atoms with van der Waals surface area (Å²) in [6.07, 6.45) is 7.13. The van der Waals surface area contributed by atoms with Gasteiger partial charge in [0.1, 0.15) is 5.84 Å². The summed E-state index contributed by atoms with van der Waals surface area (Å²) in [7, 11) is -1.56. The Morgan fingerprint density at radius 1 is 1.28 bits per heavy atom. The van der Waals surface area contributed by atoms with Gasteiger partial charge >= 0.3 is 0 Å². The molecule has 10 heteroatoms. The molecule has 172 valence electrons. The lowest BCUT2D eigenvalue weighted by Gasteiger charge is -2.32. The number of aryl methyl sites for hydroxylation is 1. The van der Waals surface area contributed by atoms with E-state index in [4.69, 9.17) is 11.5 Å². The molecule has 2 unspecified atom stereocenters. The van der Waals surface area contributed by atoms with E-state index in [1.54, 1.807) is 40.8 Å². The van der Waals surface area contributed by atoms with E-state index >= 15 is 0 Å². The Morgan fingerprint density at radius 2 is 2.06 bits per heavy atom. The van der Waals surface area contributed by atoms with E-state index in [1.165, 1.54) is 5.69 Å².